The smallest absolute Gasteiger partial charge is 0.387 e. The molecule has 0 saturated carbocycles. The van der Waals surface area contributed by atoms with E-state index in [2.05, 4.69) is 16.6 Å². The van der Waals surface area contributed by atoms with E-state index >= 15 is 0 Å². The molecule has 0 radical (unpaired) electrons. The van der Waals surface area contributed by atoms with Crippen LogP contribution < -0.4 is 9.47 Å². The Hall–Kier alpha value is -3.46. The fraction of sp³-hybridized carbons (Fsp3) is 0.385. The summed E-state index contributed by atoms with van der Waals surface area (Å²) in [5.41, 5.74) is 4.73. The molecule has 7 nitrogen and oxygen atoms in total. The van der Waals surface area contributed by atoms with Crippen molar-refractivity contribution < 1.29 is 23.0 Å². The zero-order chi connectivity index (χ0) is 24.9. The molecule has 186 valence electrons. The number of alkyl halides is 2. The van der Waals surface area contributed by atoms with Crippen LogP contribution in [0.3, 0.4) is 0 Å². The summed E-state index contributed by atoms with van der Waals surface area (Å²) >= 11 is 0. The minimum atomic E-state index is -2.96. The van der Waals surface area contributed by atoms with Gasteiger partial charge in [0, 0.05) is 49.5 Å². The van der Waals surface area contributed by atoms with Crippen LogP contribution in [0.25, 0.3) is 5.69 Å². The highest BCUT2D eigenvalue weighted by molar-refractivity contribution is 5.95. The van der Waals surface area contributed by atoms with E-state index in [0.29, 0.717) is 18.7 Å². The van der Waals surface area contributed by atoms with Gasteiger partial charge in [-0.25, -0.2) is 4.68 Å². The summed E-state index contributed by atoms with van der Waals surface area (Å²) in [5, 5.41) is 4.73. The molecule has 0 aliphatic carbocycles. The lowest BCUT2D eigenvalue weighted by atomic mass is 10.1. The Morgan fingerprint density at radius 1 is 1.03 bits per heavy atom. The van der Waals surface area contributed by atoms with Crippen LogP contribution in [-0.2, 0) is 6.54 Å². The van der Waals surface area contributed by atoms with E-state index in [1.54, 1.807) is 11.8 Å². The van der Waals surface area contributed by atoms with Gasteiger partial charge in [-0.15, -0.1) is 0 Å². The maximum absolute atomic E-state index is 13.1. The number of hydrogen-bond donors (Lipinski definition) is 0. The summed E-state index contributed by atoms with van der Waals surface area (Å²) in [5.74, 6) is -0.0952. The second kappa shape index (κ2) is 10.9. The number of aromatic nitrogens is 2. The van der Waals surface area contributed by atoms with Crippen LogP contribution >= 0.6 is 0 Å². The fourth-order valence-corrected chi connectivity index (χ4v) is 4.34. The van der Waals surface area contributed by atoms with Gasteiger partial charge in [0.2, 0.25) is 0 Å². The van der Waals surface area contributed by atoms with Crippen molar-refractivity contribution >= 4 is 5.91 Å². The van der Waals surface area contributed by atoms with E-state index in [1.807, 2.05) is 41.9 Å². The molecule has 9 heteroatoms. The van der Waals surface area contributed by atoms with Crippen molar-refractivity contribution in [2.45, 2.75) is 33.9 Å². The van der Waals surface area contributed by atoms with Crippen LogP contribution in [0.4, 0.5) is 8.78 Å². The number of aryl methyl sites for hydroxylation is 1. The molecule has 1 aliphatic rings. The molecule has 1 aliphatic heterocycles. The summed E-state index contributed by atoms with van der Waals surface area (Å²) in [4.78, 5) is 17.2. The Morgan fingerprint density at radius 3 is 2.40 bits per heavy atom. The first-order valence-corrected chi connectivity index (χ1v) is 11.7. The molecule has 3 aromatic rings. The first-order valence-electron chi connectivity index (χ1n) is 11.7. The van der Waals surface area contributed by atoms with E-state index in [1.165, 1.54) is 23.8 Å². The third-order valence-corrected chi connectivity index (χ3v) is 6.19. The molecule has 0 unspecified atom stereocenters. The maximum Gasteiger partial charge on any atom is 0.387 e. The van der Waals surface area contributed by atoms with Crippen molar-refractivity contribution in [3.8, 4) is 17.2 Å². The molecule has 1 aromatic heterocycles. The minimum Gasteiger partial charge on any atom is -0.490 e. The summed E-state index contributed by atoms with van der Waals surface area (Å²) in [6.45, 7) is 6.53. The van der Waals surface area contributed by atoms with Crippen molar-refractivity contribution in [2.75, 3.05) is 32.8 Å². The van der Waals surface area contributed by atoms with E-state index in [9.17, 15) is 13.6 Å². The predicted molar refractivity (Wildman–Crippen MR) is 128 cm³/mol. The number of rotatable bonds is 8. The van der Waals surface area contributed by atoms with Crippen molar-refractivity contribution in [1.29, 1.82) is 0 Å². The monoisotopic (exact) mass is 484 g/mol. The lowest BCUT2D eigenvalue weighted by Gasteiger charge is -2.35. The van der Waals surface area contributed by atoms with Gasteiger partial charge in [-0.2, -0.15) is 13.9 Å². The number of amides is 1. The second-order valence-corrected chi connectivity index (χ2v) is 8.44. The quantitative estimate of drug-likeness (QED) is 0.473. The van der Waals surface area contributed by atoms with E-state index in [-0.39, 0.29) is 24.0 Å². The topological polar surface area (TPSA) is 59.8 Å². The molecule has 1 amide bonds. The fourth-order valence-electron chi connectivity index (χ4n) is 4.34. The highest BCUT2D eigenvalue weighted by atomic mass is 19.3. The van der Waals surface area contributed by atoms with Gasteiger partial charge in [-0.05, 0) is 51.1 Å². The second-order valence-electron chi connectivity index (χ2n) is 8.44. The Bertz CT molecular complexity index is 1160. The summed E-state index contributed by atoms with van der Waals surface area (Å²) in [7, 11) is 0. The van der Waals surface area contributed by atoms with Crippen molar-refractivity contribution in [3.05, 3.63) is 71.0 Å². The van der Waals surface area contributed by atoms with Gasteiger partial charge in [-0.1, -0.05) is 18.2 Å². The summed E-state index contributed by atoms with van der Waals surface area (Å²) in [6, 6.07) is 14.4. The van der Waals surface area contributed by atoms with Crippen molar-refractivity contribution in [3.63, 3.8) is 0 Å². The van der Waals surface area contributed by atoms with Gasteiger partial charge in [0.15, 0.2) is 11.5 Å². The van der Waals surface area contributed by atoms with Gasteiger partial charge >= 0.3 is 6.61 Å². The first-order chi connectivity index (χ1) is 16.9. The van der Waals surface area contributed by atoms with Crippen LogP contribution in [0.15, 0.2) is 48.5 Å². The standard InChI is InChI=1S/C26H30F2N4O3/c1-4-34-24-16-20(10-11-23(24)35-26(27)28)25(33)31-14-12-30(13-15-31)17-22-18(2)29-32(19(22)3)21-8-6-5-7-9-21/h5-11,16,26H,4,12-15,17H2,1-3H3. The highest BCUT2D eigenvalue weighted by Crippen LogP contribution is 2.30. The minimum absolute atomic E-state index is 0.0787. The molecule has 0 N–H and O–H groups in total. The van der Waals surface area contributed by atoms with Crippen LogP contribution in [-0.4, -0.2) is 64.9 Å². The number of nitrogens with zero attached hydrogens (tertiary/aromatic N) is 4. The lowest BCUT2D eigenvalue weighted by Crippen LogP contribution is -2.48. The van der Waals surface area contributed by atoms with Gasteiger partial charge in [0.05, 0.1) is 18.0 Å². The molecule has 4 rings (SSSR count). The van der Waals surface area contributed by atoms with Crippen LogP contribution in [0.1, 0.15) is 34.2 Å². The third kappa shape index (κ3) is 5.62. The van der Waals surface area contributed by atoms with E-state index < -0.39 is 6.61 Å². The lowest BCUT2D eigenvalue weighted by molar-refractivity contribution is -0.0514. The van der Waals surface area contributed by atoms with Gasteiger partial charge in [0.1, 0.15) is 0 Å². The molecule has 0 bridgehead atoms. The van der Waals surface area contributed by atoms with Crippen LogP contribution in [0, 0.1) is 13.8 Å². The summed E-state index contributed by atoms with van der Waals surface area (Å²) in [6.07, 6.45) is 0. The molecule has 2 heterocycles. The van der Waals surface area contributed by atoms with E-state index in [0.717, 1.165) is 36.7 Å². The summed E-state index contributed by atoms with van der Waals surface area (Å²) < 4.78 is 37.2. The van der Waals surface area contributed by atoms with E-state index in [4.69, 9.17) is 9.84 Å². The van der Waals surface area contributed by atoms with Gasteiger partial charge in [0.25, 0.3) is 5.91 Å². The molecular weight excluding hydrogens is 454 g/mol. The average Bonchev–Trinajstić information content (AvgIpc) is 3.14. The maximum atomic E-state index is 13.1. The molecule has 2 aromatic carbocycles. The first kappa shape index (κ1) is 24.7. The van der Waals surface area contributed by atoms with Crippen LogP contribution in [0.2, 0.25) is 0 Å². The number of hydrogen-bond acceptors (Lipinski definition) is 5. The van der Waals surface area contributed by atoms with Gasteiger partial charge < -0.3 is 14.4 Å². The number of halogens is 2. The Balaban J connectivity index is 1.40. The number of carbonyl (C=O) groups is 1. The third-order valence-electron chi connectivity index (χ3n) is 6.19. The Labute approximate surface area is 203 Å². The number of para-hydroxylation sites is 1. The number of ether oxygens (including phenoxy) is 2. The number of piperazine rings is 1. The molecule has 0 atom stereocenters. The Kier molecular flexibility index (Phi) is 7.65. The largest absolute Gasteiger partial charge is 0.490 e. The van der Waals surface area contributed by atoms with Crippen molar-refractivity contribution in [2.24, 2.45) is 0 Å². The number of carbonyl (C=O) groups excluding carboxylic acids is 1. The van der Waals surface area contributed by atoms with Gasteiger partial charge in [-0.3, -0.25) is 9.69 Å². The zero-order valence-corrected chi connectivity index (χ0v) is 20.2. The molecule has 35 heavy (non-hydrogen) atoms. The van der Waals surface area contributed by atoms with Crippen LogP contribution in [0.5, 0.6) is 11.5 Å². The SMILES string of the molecule is CCOc1cc(C(=O)N2CCN(Cc3c(C)nn(-c4ccccc4)c3C)CC2)ccc1OC(F)F. The predicted octanol–water partition coefficient (Wildman–Crippen LogP) is 4.45. The Morgan fingerprint density at radius 2 is 1.74 bits per heavy atom. The molecule has 1 saturated heterocycles. The van der Waals surface area contributed by atoms with Crippen molar-refractivity contribution in [1.82, 2.24) is 19.6 Å². The molecule has 1 fully saturated rings. The highest BCUT2D eigenvalue weighted by Gasteiger charge is 2.25. The number of benzene rings is 2. The molecular formula is C26H30F2N4O3. The molecule has 0 spiro atoms. The normalized spacial score (nSPS) is 14.4. The average molecular weight is 485 g/mol. The zero-order valence-electron chi connectivity index (χ0n) is 20.2.